The van der Waals surface area contributed by atoms with Crippen molar-refractivity contribution in [2.45, 2.75) is 26.2 Å². The van der Waals surface area contributed by atoms with E-state index >= 15 is 0 Å². The Morgan fingerprint density at radius 1 is 0.939 bits per heavy atom. The van der Waals surface area contributed by atoms with Gasteiger partial charge in [0.05, 0.1) is 13.4 Å². The highest BCUT2D eigenvalue weighted by Gasteiger charge is 2.19. The van der Waals surface area contributed by atoms with Crippen molar-refractivity contribution in [1.82, 2.24) is 19.9 Å². The molecule has 166 valence electrons. The number of nitrogens with zero attached hydrogens (tertiary/aromatic N) is 1. The molecule has 0 radical (unpaired) electrons. The molecule has 2 heterocycles. The van der Waals surface area contributed by atoms with Crippen LogP contribution in [0.1, 0.15) is 55.0 Å². The second kappa shape index (κ2) is 8.70. The average Bonchev–Trinajstić information content (AvgIpc) is 3.32. The van der Waals surface area contributed by atoms with Crippen molar-refractivity contribution in [3.8, 4) is 0 Å². The highest BCUT2D eigenvalue weighted by molar-refractivity contribution is 6.09. The summed E-state index contributed by atoms with van der Waals surface area (Å²) in [5, 5.41) is -0.156. The molecule has 7 heteroatoms. The molecule has 7 nitrogen and oxygen atoms in total. The number of rotatable bonds is 4. The van der Waals surface area contributed by atoms with E-state index in [1.54, 1.807) is 48.5 Å². The number of carbonyl (C=O) groups is 1. The molecule has 33 heavy (non-hydrogen) atoms. The third-order valence-corrected chi connectivity index (χ3v) is 5.09. The lowest BCUT2D eigenvalue weighted by Gasteiger charge is -2.16. The van der Waals surface area contributed by atoms with Crippen molar-refractivity contribution in [3.05, 3.63) is 120 Å². The molecule has 0 aliphatic heterocycles. The van der Waals surface area contributed by atoms with Crippen molar-refractivity contribution in [3.63, 3.8) is 0 Å². The van der Waals surface area contributed by atoms with E-state index in [0.717, 1.165) is 0 Å². The Kier molecular flexibility index (Phi) is 5.44. The standard InChI is InChI=1S/C26H24N4O3/c1-26(2,3)23-19(27-15-28-23)14-21-25(33)29-20(24(32)30-21)13-16-8-7-11-18(12-16)22(31)17-9-5-4-6-10-17/h4-15H,1-3H3,(H,27,28)(H,29,33)(H,30,32)/b20-13-,21-14-/i14D. The number of imidazole rings is 1. The molecule has 0 saturated carbocycles. The maximum Gasteiger partial charge on any atom is 0.272 e. The van der Waals surface area contributed by atoms with Crippen LogP contribution in [0.5, 0.6) is 0 Å². The zero-order valence-electron chi connectivity index (χ0n) is 19.5. The van der Waals surface area contributed by atoms with Gasteiger partial charge in [-0.3, -0.25) is 14.4 Å². The predicted octanol–water partition coefficient (Wildman–Crippen LogP) is 1.97. The van der Waals surface area contributed by atoms with Crippen molar-refractivity contribution in [2.75, 3.05) is 0 Å². The minimum atomic E-state index is -0.616. The second-order valence-electron chi connectivity index (χ2n) is 8.66. The Bertz CT molecular complexity index is 1610. The van der Waals surface area contributed by atoms with Crippen LogP contribution < -0.4 is 21.8 Å². The van der Waals surface area contributed by atoms with E-state index in [4.69, 9.17) is 1.37 Å². The molecule has 0 aliphatic carbocycles. The largest absolute Gasteiger partial charge is 0.348 e. The molecular weight excluding hydrogens is 416 g/mol. The van der Waals surface area contributed by atoms with Gasteiger partial charge in [-0.05, 0) is 23.8 Å². The van der Waals surface area contributed by atoms with Gasteiger partial charge in [0, 0.05) is 22.2 Å². The summed E-state index contributed by atoms with van der Waals surface area (Å²) in [6.07, 6.45) is 2.95. The number of nitrogens with one attached hydrogen (secondary N) is 3. The van der Waals surface area contributed by atoms with Gasteiger partial charge in [0.15, 0.2) is 5.78 Å². The number of benzene rings is 2. The van der Waals surface area contributed by atoms with Crippen LogP contribution in [0.15, 0.2) is 70.5 Å². The maximum absolute atomic E-state index is 12.8. The molecule has 0 aliphatic rings. The molecule has 2 aromatic carbocycles. The van der Waals surface area contributed by atoms with Crippen LogP contribution in [0.2, 0.25) is 0 Å². The normalized spacial score (nSPS) is 13.5. The third-order valence-electron chi connectivity index (χ3n) is 5.09. The van der Waals surface area contributed by atoms with Crippen molar-refractivity contribution < 1.29 is 6.17 Å². The highest BCUT2D eigenvalue weighted by atomic mass is 16.1. The van der Waals surface area contributed by atoms with Crippen molar-refractivity contribution in [1.29, 1.82) is 0 Å². The summed E-state index contributed by atoms with van der Waals surface area (Å²) in [5.41, 5.74) is 1.08. The van der Waals surface area contributed by atoms with Crippen LogP contribution in [0.25, 0.3) is 12.1 Å². The van der Waals surface area contributed by atoms with E-state index < -0.39 is 11.1 Å². The Labute approximate surface area is 191 Å². The fourth-order valence-electron chi connectivity index (χ4n) is 3.44. The molecule has 2 aromatic heterocycles. The van der Waals surface area contributed by atoms with Crippen LogP contribution in [0.3, 0.4) is 0 Å². The Morgan fingerprint density at radius 2 is 1.61 bits per heavy atom. The number of carbonyl (C=O) groups excluding carboxylic acids is 1. The maximum atomic E-state index is 12.8. The molecule has 4 rings (SSSR count). The van der Waals surface area contributed by atoms with Gasteiger partial charge in [-0.15, -0.1) is 0 Å². The van der Waals surface area contributed by atoms with E-state index in [1.807, 2.05) is 26.8 Å². The van der Waals surface area contributed by atoms with Gasteiger partial charge in [-0.25, -0.2) is 4.98 Å². The first-order chi connectivity index (χ1) is 16.1. The number of H-pyrrole nitrogens is 3. The van der Waals surface area contributed by atoms with Gasteiger partial charge < -0.3 is 15.0 Å². The average molecular weight is 442 g/mol. The number of aromatic amines is 3. The lowest BCUT2D eigenvalue weighted by atomic mass is 9.90. The van der Waals surface area contributed by atoms with Crippen LogP contribution in [0.4, 0.5) is 0 Å². The highest BCUT2D eigenvalue weighted by Crippen LogP contribution is 2.22. The van der Waals surface area contributed by atoms with Crippen LogP contribution in [-0.2, 0) is 5.41 Å². The fraction of sp³-hybridized carbons (Fsp3) is 0.154. The lowest BCUT2D eigenvalue weighted by molar-refractivity contribution is 0.103. The number of hydrogen-bond acceptors (Lipinski definition) is 4. The smallest absolute Gasteiger partial charge is 0.272 e. The molecule has 0 amide bonds. The van der Waals surface area contributed by atoms with E-state index in [0.29, 0.717) is 28.1 Å². The minimum absolute atomic E-state index is 0.0175. The SMILES string of the molecule is [2H]/C(c1nc[nH]c1C(C)(C)C)=c1/[nH]c(=O)/c(=C/c2cccc(C(=O)c3ccccc3)c2)[nH]c1=O. The van der Waals surface area contributed by atoms with Crippen molar-refractivity contribution >= 4 is 17.9 Å². The summed E-state index contributed by atoms with van der Waals surface area (Å²) >= 11 is 0. The minimum Gasteiger partial charge on any atom is -0.348 e. The molecular formula is C26H24N4O3. The van der Waals surface area contributed by atoms with Gasteiger partial charge in [-0.2, -0.15) is 0 Å². The van der Waals surface area contributed by atoms with Crippen LogP contribution in [0, 0.1) is 0 Å². The zero-order valence-corrected chi connectivity index (χ0v) is 18.5. The molecule has 4 aromatic rings. The monoisotopic (exact) mass is 441 g/mol. The van der Waals surface area contributed by atoms with E-state index in [9.17, 15) is 14.4 Å². The topological polar surface area (TPSA) is 111 Å². The van der Waals surface area contributed by atoms with Crippen LogP contribution in [-0.4, -0.2) is 25.7 Å². The van der Waals surface area contributed by atoms with Gasteiger partial charge in [0.25, 0.3) is 11.1 Å². The van der Waals surface area contributed by atoms with E-state index in [-0.39, 0.29) is 27.9 Å². The van der Waals surface area contributed by atoms with Gasteiger partial charge >= 0.3 is 0 Å². The lowest BCUT2D eigenvalue weighted by Crippen LogP contribution is -2.46. The summed E-state index contributed by atoms with van der Waals surface area (Å²) in [7, 11) is 0. The number of hydrogen-bond donors (Lipinski definition) is 3. The Morgan fingerprint density at radius 3 is 2.33 bits per heavy atom. The quantitative estimate of drug-likeness (QED) is 0.421. The molecule has 0 saturated heterocycles. The van der Waals surface area contributed by atoms with Crippen molar-refractivity contribution in [2.24, 2.45) is 0 Å². The van der Waals surface area contributed by atoms with E-state index in [2.05, 4.69) is 19.9 Å². The first-order valence-electron chi connectivity index (χ1n) is 10.9. The molecule has 0 fully saturated rings. The second-order valence-corrected chi connectivity index (χ2v) is 8.66. The first-order valence-corrected chi connectivity index (χ1v) is 10.4. The Hall–Kier alpha value is -4.26. The summed E-state index contributed by atoms with van der Waals surface area (Å²) in [6.45, 7) is 5.87. The summed E-state index contributed by atoms with van der Waals surface area (Å²) < 4.78 is 8.47. The Balaban J connectivity index is 1.78. The number of aromatic nitrogens is 4. The number of ketones is 1. The fourth-order valence-corrected chi connectivity index (χ4v) is 3.44. The van der Waals surface area contributed by atoms with Gasteiger partial charge in [0.1, 0.15) is 10.7 Å². The molecule has 0 atom stereocenters. The molecule has 3 N–H and O–H groups in total. The third kappa shape index (κ3) is 4.82. The van der Waals surface area contributed by atoms with Crippen LogP contribution >= 0.6 is 0 Å². The molecule has 0 bridgehead atoms. The summed E-state index contributed by atoms with van der Waals surface area (Å²) in [5.74, 6) is -0.143. The molecule has 0 unspecified atom stereocenters. The zero-order chi connectivity index (χ0) is 24.5. The van der Waals surface area contributed by atoms with Gasteiger partial charge in [0.2, 0.25) is 0 Å². The van der Waals surface area contributed by atoms with Gasteiger partial charge in [-0.1, -0.05) is 69.3 Å². The summed E-state index contributed by atoms with van der Waals surface area (Å²) in [4.78, 5) is 50.5. The first kappa shape index (κ1) is 20.6. The molecule has 0 spiro atoms. The summed E-state index contributed by atoms with van der Waals surface area (Å²) in [6, 6.07) is 15.5. The van der Waals surface area contributed by atoms with E-state index in [1.165, 1.54) is 12.4 Å². The predicted molar refractivity (Wildman–Crippen MR) is 128 cm³/mol.